The number of rotatable bonds is 5. The van der Waals surface area contributed by atoms with E-state index in [4.69, 9.17) is 44.3 Å². The van der Waals surface area contributed by atoms with Crippen LogP contribution < -0.4 is 14.8 Å². The van der Waals surface area contributed by atoms with Gasteiger partial charge in [-0.05, 0) is 31.2 Å². The lowest BCUT2D eigenvalue weighted by Gasteiger charge is -2.17. The predicted molar refractivity (Wildman–Crippen MR) is 93.2 cm³/mol. The molecule has 4 nitrogen and oxygen atoms in total. The van der Waals surface area contributed by atoms with E-state index in [1.165, 1.54) is 19.2 Å². The standard InChI is InChI=1S/C16H14Cl3NO3/c1-9(23-15-6-4-3-5-14(15)22-2)16(21)20-13-8-11(18)10(17)7-12(13)19/h3-9H,1-2H3,(H,20,21)/t9-/m1/s1. The van der Waals surface area contributed by atoms with Crippen LogP contribution in [0.5, 0.6) is 11.5 Å². The second kappa shape index (κ2) is 7.77. The van der Waals surface area contributed by atoms with E-state index in [1.807, 2.05) is 6.07 Å². The topological polar surface area (TPSA) is 47.6 Å². The van der Waals surface area contributed by atoms with Crippen LogP contribution in [0.1, 0.15) is 6.92 Å². The van der Waals surface area contributed by atoms with Crippen molar-refractivity contribution in [1.82, 2.24) is 0 Å². The summed E-state index contributed by atoms with van der Waals surface area (Å²) >= 11 is 17.8. The Morgan fingerprint density at radius 1 is 1.04 bits per heavy atom. The first kappa shape index (κ1) is 17.7. The Labute approximate surface area is 149 Å². The van der Waals surface area contributed by atoms with Gasteiger partial charge >= 0.3 is 0 Å². The van der Waals surface area contributed by atoms with E-state index in [2.05, 4.69) is 5.32 Å². The number of nitrogens with one attached hydrogen (secondary N) is 1. The van der Waals surface area contributed by atoms with Crippen LogP contribution in [-0.4, -0.2) is 19.1 Å². The first-order chi connectivity index (χ1) is 10.9. The fraction of sp³-hybridized carbons (Fsp3) is 0.188. The molecule has 0 aliphatic heterocycles. The van der Waals surface area contributed by atoms with E-state index in [9.17, 15) is 4.79 Å². The molecule has 1 atom stereocenters. The highest BCUT2D eigenvalue weighted by Gasteiger charge is 2.18. The smallest absolute Gasteiger partial charge is 0.265 e. The minimum atomic E-state index is -0.767. The van der Waals surface area contributed by atoms with Crippen LogP contribution in [0.4, 0.5) is 5.69 Å². The van der Waals surface area contributed by atoms with Gasteiger partial charge in [-0.25, -0.2) is 0 Å². The molecule has 1 amide bonds. The highest BCUT2D eigenvalue weighted by molar-refractivity contribution is 6.44. The van der Waals surface area contributed by atoms with Gasteiger partial charge in [0.1, 0.15) is 0 Å². The molecule has 0 fully saturated rings. The Kier molecular flexibility index (Phi) is 5.99. The summed E-state index contributed by atoms with van der Waals surface area (Å²) in [6.45, 7) is 1.62. The summed E-state index contributed by atoms with van der Waals surface area (Å²) in [5.41, 5.74) is 0.363. The molecule has 0 radical (unpaired) electrons. The monoisotopic (exact) mass is 373 g/mol. The van der Waals surface area contributed by atoms with Gasteiger partial charge < -0.3 is 14.8 Å². The average Bonchev–Trinajstić information content (AvgIpc) is 2.53. The summed E-state index contributed by atoms with van der Waals surface area (Å²) in [5.74, 6) is 0.633. The molecule has 0 heterocycles. The Balaban J connectivity index is 2.10. The first-order valence-electron chi connectivity index (χ1n) is 6.67. The Morgan fingerprint density at radius 3 is 2.30 bits per heavy atom. The summed E-state index contributed by atoms with van der Waals surface area (Å²) in [6, 6.07) is 10.0. The summed E-state index contributed by atoms with van der Waals surface area (Å²) in [7, 11) is 1.53. The number of carbonyl (C=O) groups is 1. The van der Waals surface area contributed by atoms with Crippen LogP contribution in [0.2, 0.25) is 15.1 Å². The van der Waals surface area contributed by atoms with Crippen molar-refractivity contribution in [3.8, 4) is 11.5 Å². The second-order valence-corrected chi connectivity index (χ2v) is 5.87. The minimum Gasteiger partial charge on any atom is -0.493 e. The van der Waals surface area contributed by atoms with Gasteiger partial charge in [-0.1, -0.05) is 46.9 Å². The number of benzene rings is 2. The Morgan fingerprint density at radius 2 is 1.65 bits per heavy atom. The van der Waals surface area contributed by atoms with Gasteiger partial charge in [0.05, 0.1) is 27.9 Å². The fourth-order valence-corrected chi connectivity index (χ4v) is 2.41. The molecular weight excluding hydrogens is 361 g/mol. The normalized spacial score (nSPS) is 11.7. The van der Waals surface area contributed by atoms with E-state index >= 15 is 0 Å². The molecule has 2 aromatic rings. The molecule has 23 heavy (non-hydrogen) atoms. The van der Waals surface area contributed by atoms with Crippen LogP contribution in [0, 0.1) is 0 Å². The molecule has 0 aromatic heterocycles. The van der Waals surface area contributed by atoms with E-state index in [0.717, 1.165) is 0 Å². The summed E-state index contributed by atoms with van der Waals surface area (Å²) < 4.78 is 10.8. The number of methoxy groups -OCH3 is 1. The van der Waals surface area contributed by atoms with E-state index in [1.54, 1.807) is 25.1 Å². The highest BCUT2D eigenvalue weighted by atomic mass is 35.5. The molecule has 0 aliphatic rings. The molecule has 122 valence electrons. The van der Waals surface area contributed by atoms with Crippen molar-refractivity contribution in [2.45, 2.75) is 13.0 Å². The predicted octanol–water partition coefficient (Wildman–Crippen LogP) is 5.06. The number of halogens is 3. The summed E-state index contributed by atoms with van der Waals surface area (Å²) in [6.07, 6.45) is -0.767. The van der Waals surface area contributed by atoms with Gasteiger partial charge in [0.15, 0.2) is 17.6 Å². The zero-order chi connectivity index (χ0) is 17.0. The molecule has 0 aliphatic carbocycles. The third-order valence-electron chi connectivity index (χ3n) is 3.01. The number of para-hydroxylation sites is 2. The van der Waals surface area contributed by atoms with Crippen LogP contribution in [-0.2, 0) is 4.79 Å². The van der Waals surface area contributed by atoms with E-state index < -0.39 is 6.10 Å². The van der Waals surface area contributed by atoms with Gasteiger partial charge in [0.2, 0.25) is 0 Å². The maximum absolute atomic E-state index is 12.3. The Hall–Kier alpha value is -1.62. The number of hydrogen-bond acceptors (Lipinski definition) is 3. The number of anilines is 1. The van der Waals surface area contributed by atoms with Crippen molar-refractivity contribution in [2.24, 2.45) is 0 Å². The van der Waals surface area contributed by atoms with Crippen molar-refractivity contribution >= 4 is 46.4 Å². The van der Waals surface area contributed by atoms with Crippen molar-refractivity contribution < 1.29 is 14.3 Å². The van der Waals surface area contributed by atoms with Crippen molar-refractivity contribution in [3.63, 3.8) is 0 Å². The van der Waals surface area contributed by atoms with Gasteiger partial charge in [0.25, 0.3) is 5.91 Å². The first-order valence-corrected chi connectivity index (χ1v) is 7.81. The molecule has 7 heteroatoms. The summed E-state index contributed by atoms with van der Waals surface area (Å²) in [4.78, 5) is 12.3. The van der Waals surface area contributed by atoms with Crippen LogP contribution in [0.25, 0.3) is 0 Å². The fourth-order valence-electron chi connectivity index (χ4n) is 1.81. The summed E-state index contributed by atoms with van der Waals surface area (Å²) in [5, 5.41) is 3.55. The quantitative estimate of drug-likeness (QED) is 0.744. The largest absolute Gasteiger partial charge is 0.493 e. The zero-order valence-electron chi connectivity index (χ0n) is 12.4. The molecule has 0 saturated heterocycles. The highest BCUT2D eigenvalue weighted by Crippen LogP contribution is 2.32. The van der Waals surface area contributed by atoms with Gasteiger partial charge in [-0.3, -0.25) is 4.79 Å². The molecular formula is C16H14Cl3NO3. The lowest BCUT2D eigenvalue weighted by atomic mass is 10.2. The maximum atomic E-state index is 12.3. The van der Waals surface area contributed by atoms with E-state index in [0.29, 0.717) is 27.2 Å². The minimum absolute atomic E-state index is 0.289. The number of amides is 1. The van der Waals surface area contributed by atoms with Gasteiger partial charge in [-0.2, -0.15) is 0 Å². The van der Waals surface area contributed by atoms with Crippen LogP contribution in [0.15, 0.2) is 36.4 Å². The maximum Gasteiger partial charge on any atom is 0.265 e. The van der Waals surface area contributed by atoms with Crippen molar-refractivity contribution in [1.29, 1.82) is 0 Å². The molecule has 2 rings (SSSR count). The third-order valence-corrected chi connectivity index (χ3v) is 4.04. The zero-order valence-corrected chi connectivity index (χ0v) is 14.7. The van der Waals surface area contributed by atoms with Crippen LogP contribution in [0.3, 0.4) is 0 Å². The molecule has 0 unspecified atom stereocenters. The molecule has 2 aromatic carbocycles. The SMILES string of the molecule is COc1ccccc1O[C@H](C)C(=O)Nc1cc(Cl)c(Cl)cc1Cl. The van der Waals surface area contributed by atoms with Crippen LogP contribution >= 0.6 is 34.8 Å². The molecule has 1 N–H and O–H groups in total. The number of ether oxygens (including phenoxy) is 2. The van der Waals surface area contributed by atoms with Gasteiger partial charge in [0, 0.05) is 0 Å². The van der Waals surface area contributed by atoms with E-state index in [-0.39, 0.29) is 10.9 Å². The van der Waals surface area contributed by atoms with Crippen molar-refractivity contribution in [2.75, 3.05) is 12.4 Å². The lowest BCUT2D eigenvalue weighted by molar-refractivity contribution is -0.122. The lowest BCUT2D eigenvalue weighted by Crippen LogP contribution is -2.30. The van der Waals surface area contributed by atoms with Crippen molar-refractivity contribution in [3.05, 3.63) is 51.5 Å². The molecule has 0 spiro atoms. The number of hydrogen-bond donors (Lipinski definition) is 1. The molecule has 0 saturated carbocycles. The average molecular weight is 375 g/mol. The second-order valence-electron chi connectivity index (χ2n) is 4.65. The third kappa shape index (κ3) is 4.44. The van der Waals surface area contributed by atoms with Gasteiger partial charge in [-0.15, -0.1) is 0 Å². The number of carbonyl (C=O) groups excluding carboxylic acids is 1. The molecule has 0 bridgehead atoms. The Bertz CT molecular complexity index is 722.